The van der Waals surface area contributed by atoms with Crippen molar-refractivity contribution in [2.75, 3.05) is 0 Å². The van der Waals surface area contributed by atoms with Crippen molar-refractivity contribution in [2.24, 2.45) is 0 Å². The van der Waals surface area contributed by atoms with Gasteiger partial charge in [0.2, 0.25) is 0 Å². The quantitative estimate of drug-likeness (QED) is 0.818. The van der Waals surface area contributed by atoms with Crippen molar-refractivity contribution < 1.29 is 14.3 Å². The molecule has 1 aromatic carbocycles. The maximum Gasteiger partial charge on any atom is 0.287 e. The zero-order valence-electron chi connectivity index (χ0n) is 16.2. The molecule has 1 atom stereocenters. The lowest BCUT2D eigenvalue weighted by Gasteiger charge is -2.29. The van der Waals surface area contributed by atoms with E-state index in [-0.39, 0.29) is 28.5 Å². The second-order valence-corrected chi connectivity index (χ2v) is 8.64. The minimum Gasteiger partial charge on any atom is -0.507 e. The largest absolute Gasteiger partial charge is 0.507 e. The SMILES string of the molecule is C[C@H](NC(=O)c1ccco1)c1cc(C(C)(C)C)c(O)c(C(C)(C)C)c1. The molecule has 0 saturated carbocycles. The van der Waals surface area contributed by atoms with Gasteiger partial charge >= 0.3 is 0 Å². The third-order valence-corrected chi connectivity index (χ3v) is 4.34. The van der Waals surface area contributed by atoms with Gasteiger partial charge in [-0.05, 0) is 58.7 Å². The van der Waals surface area contributed by atoms with E-state index < -0.39 is 0 Å². The van der Waals surface area contributed by atoms with E-state index in [2.05, 4.69) is 46.9 Å². The van der Waals surface area contributed by atoms with Gasteiger partial charge in [-0.2, -0.15) is 0 Å². The van der Waals surface area contributed by atoms with Crippen LogP contribution < -0.4 is 5.32 Å². The molecule has 0 spiro atoms. The molecule has 2 N–H and O–H groups in total. The Kier molecular flexibility index (Phi) is 5.03. The first kappa shape index (κ1) is 19.1. The Labute approximate surface area is 150 Å². The predicted octanol–water partition coefficient (Wildman–Crippen LogP) is 5.07. The van der Waals surface area contributed by atoms with Gasteiger partial charge in [-0.15, -0.1) is 0 Å². The highest BCUT2D eigenvalue weighted by atomic mass is 16.3. The van der Waals surface area contributed by atoms with Crippen LogP contribution >= 0.6 is 0 Å². The van der Waals surface area contributed by atoms with E-state index in [1.807, 2.05) is 19.1 Å². The topological polar surface area (TPSA) is 62.5 Å². The fourth-order valence-corrected chi connectivity index (χ4v) is 2.81. The maximum absolute atomic E-state index is 12.3. The maximum atomic E-state index is 12.3. The Bertz CT molecular complexity index is 711. The second-order valence-electron chi connectivity index (χ2n) is 8.64. The number of carbonyl (C=O) groups is 1. The first-order chi connectivity index (χ1) is 11.4. The molecule has 4 heteroatoms. The summed E-state index contributed by atoms with van der Waals surface area (Å²) in [5, 5.41) is 13.8. The normalized spacial score (nSPS) is 13.6. The van der Waals surface area contributed by atoms with Crippen molar-refractivity contribution in [1.29, 1.82) is 0 Å². The monoisotopic (exact) mass is 343 g/mol. The van der Waals surface area contributed by atoms with E-state index in [9.17, 15) is 9.90 Å². The number of nitrogens with one attached hydrogen (secondary N) is 1. The molecule has 4 nitrogen and oxygen atoms in total. The summed E-state index contributed by atoms with van der Waals surface area (Å²) in [5.41, 5.74) is 2.32. The number of carbonyl (C=O) groups excluding carboxylic acids is 1. The standard InChI is InChI=1S/C21H29NO3/c1-13(22-19(24)17-9-8-10-25-17)14-11-15(20(2,3)4)18(23)16(12-14)21(5,6)7/h8-13,23H,1-7H3,(H,22,24)/t13-/m0/s1. The smallest absolute Gasteiger partial charge is 0.287 e. The summed E-state index contributed by atoms with van der Waals surface area (Å²) in [6, 6.07) is 7.09. The zero-order chi connectivity index (χ0) is 19.0. The van der Waals surface area contributed by atoms with Crippen LogP contribution in [0, 0.1) is 0 Å². The summed E-state index contributed by atoms with van der Waals surface area (Å²) >= 11 is 0. The van der Waals surface area contributed by atoms with Crippen molar-refractivity contribution in [3.63, 3.8) is 0 Å². The summed E-state index contributed by atoms with van der Waals surface area (Å²) in [4.78, 5) is 12.3. The molecule has 0 radical (unpaired) electrons. The number of hydrogen-bond acceptors (Lipinski definition) is 3. The van der Waals surface area contributed by atoms with Gasteiger partial charge in [0.05, 0.1) is 12.3 Å². The highest BCUT2D eigenvalue weighted by molar-refractivity contribution is 5.91. The van der Waals surface area contributed by atoms with Gasteiger partial charge in [0.15, 0.2) is 5.76 Å². The summed E-state index contributed by atoms with van der Waals surface area (Å²) in [6.07, 6.45) is 1.48. The van der Waals surface area contributed by atoms with E-state index in [0.717, 1.165) is 16.7 Å². The number of benzene rings is 1. The Morgan fingerprint density at radius 3 is 2.00 bits per heavy atom. The first-order valence-electron chi connectivity index (χ1n) is 8.63. The van der Waals surface area contributed by atoms with Crippen LogP contribution in [0.4, 0.5) is 0 Å². The third kappa shape index (κ3) is 4.25. The number of phenolic OH excluding ortho intramolecular Hbond substituents is 1. The number of hydrogen-bond donors (Lipinski definition) is 2. The molecule has 1 amide bonds. The van der Waals surface area contributed by atoms with Gasteiger partial charge in [0.25, 0.3) is 5.91 Å². The minimum absolute atomic E-state index is 0.204. The molecule has 0 unspecified atom stereocenters. The van der Waals surface area contributed by atoms with E-state index in [1.165, 1.54) is 6.26 Å². The summed E-state index contributed by atoms with van der Waals surface area (Å²) in [5.74, 6) is 0.381. The molecule has 2 rings (SSSR count). The van der Waals surface area contributed by atoms with Crippen LogP contribution in [0.15, 0.2) is 34.9 Å². The number of aromatic hydroxyl groups is 1. The average molecular weight is 343 g/mol. The molecule has 2 aromatic rings. The van der Waals surface area contributed by atoms with Crippen molar-refractivity contribution in [3.05, 3.63) is 53.0 Å². The van der Waals surface area contributed by atoms with E-state index in [1.54, 1.807) is 12.1 Å². The molecule has 1 aromatic heterocycles. The van der Waals surface area contributed by atoms with Gasteiger partial charge in [-0.3, -0.25) is 4.79 Å². The molecule has 0 aliphatic carbocycles. The van der Waals surface area contributed by atoms with Crippen molar-refractivity contribution in [3.8, 4) is 5.75 Å². The second kappa shape index (κ2) is 6.58. The molecule has 1 heterocycles. The molecule has 136 valence electrons. The van der Waals surface area contributed by atoms with Crippen molar-refractivity contribution in [1.82, 2.24) is 5.32 Å². The zero-order valence-corrected chi connectivity index (χ0v) is 16.2. The number of phenols is 1. The molecule has 25 heavy (non-hydrogen) atoms. The summed E-state index contributed by atoms with van der Waals surface area (Å²) in [7, 11) is 0. The highest BCUT2D eigenvalue weighted by Gasteiger charge is 2.27. The number of amides is 1. The molecule has 0 saturated heterocycles. The van der Waals surface area contributed by atoms with Gasteiger partial charge in [-0.25, -0.2) is 0 Å². The fourth-order valence-electron chi connectivity index (χ4n) is 2.81. The third-order valence-electron chi connectivity index (χ3n) is 4.34. The minimum atomic E-state index is -0.250. The molecule has 0 aliphatic rings. The molecule has 0 bridgehead atoms. The Balaban J connectivity index is 2.44. The van der Waals surface area contributed by atoms with E-state index >= 15 is 0 Å². The average Bonchev–Trinajstić information content (AvgIpc) is 2.98. The molecule has 0 fully saturated rings. The predicted molar refractivity (Wildman–Crippen MR) is 100 cm³/mol. The first-order valence-corrected chi connectivity index (χ1v) is 8.63. The summed E-state index contributed by atoms with van der Waals surface area (Å²) in [6.45, 7) is 14.4. The van der Waals surface area contributed by atoms with E-state index in [4.69, 9.17) is 4.42 Å². The molecule has 0 aliphatic heterocycles. The van der Waals surface area contributed by atoms with E-state index in [0.29, 0.717) is 5.75 Å². The Hall–Kier alpha value is -2.23. The van der Waals surface area contributed by atoms with Gasteiger partial charge in [0.1, 0.15) is 5.75 Å². The lowest BCUT2D eigenvalue weighted by atomic mass is 9.78. The van der Waals surface area contributed by atoms with Gasteiger partial charge < -0.3 is 14.8 Å². The van der Waals surface area contributed by atoms with Gasteiger partial charge in [0, 0.05) is 0 Å². The van der Waals surface area contributed by atoms with Crippen LogP contribution in [0.3, 0.4) is 0 Å². The van der Waals surface area contributed by atoms with Crippen LogP contribution in [0.2, 0.25) is 0 Å². The van der Waals surface area contributed by atoms with Crippen LogP contribution in [-0.2, 0) is 10.8 Å². The van der Waals surface area contributed by atoms with Crippen LogP contribution in [0.5, 0.6) is 5.75 Å². The fraction of sp³-hybridized carbons (Fsp3) is 0.476. The van der Waals surface area contributed by atoms with Gasteiger partial charge in [-0.1, -0.05) is 41.5 Å². The van der Waals surface area contributed by atoms with Crippen LogP contribution in [-0.4, -0.2) is 11.0 Å². The van der Waals surface area contributed by atoms with Crippen molar-refractivity contribution in [2.45, 2.75) is 65.3 Å². The Morgan fingerprint density at radius 2 is 1.60 bits per heavy atom. The van der Waals surface area contributed by atoms with Crippen LogP contribution in [0.1, 0.15) is 81.8 Å². The number of furan rings is 1. The highest BCUT2D eigenvalue weighted by Crippen LogP contribution is 2.40. The van der Waals surface area contributed by atoms with Crippen LogP contribution in [0.25, 0.3) is 0 Å². The molecular weight excluding hydrogens is 314 g/mol. The number of rotatable bonds is 3. The summed E-state index contributed by atoms with van der Waals surface area (Å²) < 4.78 is 5.16. The van der Waals surface area contributed by atoms with Crippen molar-refractivity contribution >= 4 is 5.91 Å². The lowest BCUT2D eigenvalue weighted by molar-refractivity contribution is 0.0912. The molecular formula is C21H29NO3. The Morgan fingerprint density at radius 1 is 1.08 bits per heavy atom. The lowest BCUT2D eigenvalue weighted by Crippen LogP contribution is -2.27.